The summed E-state index contributed by atoms with van der Waals surface area (Å²) in [6.45, 7) is -3.16. The summed E-state index contributed by atoms with van der Waals surface area (Å²) in [5, 5.41) is 8.64. The van der Waals surface area contributed by atoms with Crippen molar-refractivity contribution in [2.24, 2.45) is 0 Å². The van der Waals surface area contributed by atoms with Crippen LogP contribution in [0.15, 0.2) is 24.3 Å². The number of hydrogen-bond donors (Lipinski definition) is 0. The van der Waals surface area contributed by atoms with E-state index in [4.69, 9.17) is 30.9 Å². The van der Waals surface area contributed by atoms with Crippen LogP contribution in [0.5, 0.6) is 5.75 Å². The Hall–Kier alpha value is -1.00. The van der Waals surface area contributed by atoms with Gasteiger partial charge in [-0.1, -0.05) is 0 Å². The van der Waals surface area contributed by atoms with E-state index in [1.54, 1.807) is 24.3 Å². The first-order chi connectivity index (χ1) is 8.13. The molecule has 0 saturated carbocycles. The maximum Gasteiger partial charge on any atom is 0.436 e. The van der Waals surface area contributed by atoms with Crippen molar-refractivity contribution < 1.29 is 23.6 Å². The maximum atomic E-state index is 8.64. The van der Waals surface area contributed by atoms with Gasteiger partial charge in [0, 0.05) is 11.8 Å². The highest BCUT2D eigenvalue weighted by atomic mass is 32.5. The summed E-state index contributed by atoms with van der Waals surface area (Å²) in [7, 11) is 2.56. The van der Waals surface area contributed by atoms with Gasteiger partial charge >= 0.3 is 6.72 Å². The van der Waals surface area contributed by atoms with Crippen molar-refractivity contribution in [3.8, 4) is 11.8 Å². The molecule has 0 radical (unpaired) electrons. The van der Waals surface area contributed by atoms with Crippen LogP contribution >= 0.6 is 6.72 Å². The summed E-state index contributed by atoms with van der Waals surface area (Å²) in [5.41, 5.74) is 0.506. The molecule has 0 saturated heterocycles. The van der Waals surface area contributed by atoms with Crippen LogP contribution < -0.4 is 4.52 Å². The molecule has 0 aliphatic heterocycles. The Morgan fingerprint density at radius 3 is 2.06 bits per heavy atom. The Kier molecular flexibility index (Phi) is 5.51. The molecule has 0 amide bonds. The zero-order valence-corrected chi connectivity index (χ0v) is 10.9. The molecule has 0 aliphatic carbocycles. The minimum absolute atomic E-state index is 0.390. The number of benzene rings is 1. The first-order valence-corrected chi connectivity index (χ1v) is 6.94. The highest BCUT2D eigenvalue weighted by Crippen LogP contribution is 2.49. The van der Waals surface area contributed by atoms with Gasteiger partial charge in [0.25, 0.3) is 0 Å². The highest BCUT2D eigenvalue weighted by molar-refractivity contribution is 8.07. The van der Waals surface area contributed by atoms with Gasteiger partial charge in [0.2, 0.25) is 0 Å². The predicted octanol–water partition coefficient (Wildman–Crippen LogP) is 2.32. The van der Waals surface area contributed by atoms with E-state index in [2.05, 4.69) is 9.78 Å². The third-order valence-corrected chi connectivity index (χ3v) is 3.22. The molecule has 1 aromatic rings. The average Bonchev–Trinajstić information content (AvgIpc) is 2.30. The van der Waals surface area contributed by atoms with Gasteiger partial charge in [-0.25, -0.2) is 9.78 Å². The predicted molar refractivity (Wildman–Crippen MR) is 62.3 cm³/mol. The van der Waals surface area contributed by atoms with Crippen molar-refractivity contribution in [1.82, 2.24) is 0 Å². The Balaban J connectivity index is 2.79. The van der Waals surface area contributed by atoms with Crippen molar-refractivity contribution in [1.29, 1.82) is 5.26 Å². The SMILES string of the molecule is COOP(=S)(OOC)Oc1ccc(C#N)cc1. The second kappa shape index (κ2) is 6.67. The van der Waals surface area contributed by atoms with Crippen LogP contribution in [-0.2, 0) is 30.9 Å². The highest BCUT2D eigenvalue weighted by Gasteiger charge is 2.25. The molecule has 1 rings (SSSR count). The zero-order valence-electron chi connectivity index (χ0n) is 9.15. The van der Waals surface area contributed by atoms with Crippen molar-refractivity contribution in [2.45, 2.75) is 0 Å². The van der Waals surface area contributed by atoms with Crippen LogP contribution in [0.4, 0.5) is 0 Å². The second-order valence-electron chi connectivity index (χ2n) is 2.66. The van der Waals surface area contributed by atoms with Gasteiger partial charge in [-0.05, 0) is 24.3 Å². The molecule has 8 heteroatoms. The van der Waals surface area contributed by atoms with Gasteiger partial charge < -0.3 is 4.52 Å². The Morgan fingerprint density at radius 2 is 1.65 bits per heavy atom. The molecule has 0 N–H and O–H groups in total. The molecular weight excluding hydrogens is 265 g/mol. The molecule has 0 bridgehead atoms. The van der Waals surface area contributed by atoms with Gasteiger partial charge in [-0.3, -0.25) is 0 Å². The Bertz CT molecular complexity index is 434. The lowest BCUT2D eigenvalue weighted by Gasteiger charge is -2.17. The van der Waals surface area contributed by atoms with Crippen LogP contribution in [0.1, 0.15) is 5.56 Å². The topological polar surface area (TPSA) is 69.9 Å². The molecule has 17 heavy (non-hydrogen) atoms. The molecule has 0 aromatic heterocycles. The molecule has 0 aliphatic rings. The van der Waals surface area contributed by atoms with Crippen LogP contribution in [0.3, 0.4) is 0 Å². The van der Waals surface area contributed by atoms with Crippen LogP contribution in [0.2, 0.25) is 0 Å². The Labute approximate surface area is 104 Å². The molecule has 1 aromatic carbocycles. The van der Waals surface area contributed by atoms with E-state index in [1.807, 2.05) is 6.07 Å². The Morgan fingerprint density at radius 1 is 1.12 bits per heavy atom. The lowest BCUT2D eigenvalue weighted by Crippen LogP contribution is -2.01. The van der Waals surface area contributed by atoms with E-state index in [0.717, 1.165) is 0 Å². The molecule has 0 spiro atoms. The third kappa shape index (κ3) is 4.40. The van der Waals surface area contributed by atoms with E-state index >= 15 is 0 Å². The van der Waals surface area contributed by atoms with E-state index in [9.17, 15) is 0 Å². The van der Waals surface area contributed by atoms with E-state index in [1.165, 1.54) is 14.2 Å². The zero-order chi connectivity index (χ0) is 12.7. The van der Waals surface area contributed by atoms with Crippen molar-refractivity contribution in [3.63, 3.8) is 0 Å². The fourth-order valence-electron chi connectivity index (χ4n) is 0.945. The van der Waals surface area contributed by atoms with E-state index < -0.39 is 6.72 Å². The van der Waals surface area contributed by atoms with Crippen molar-refractivity contribution >= 4 is 18.5 Å². The van der Waals surface area contributed by atoms with Gasteiger partial charge in [0.05, 0.1) is 25.9 Å². The molecule has 0 heterocycles. The van der Waals surface area contributed by atoms with Gasteiger partial charge in [-0.2, -0.15) is 5.26 Å². The monoisotopic (exact) mass is 275 g/mol. The molecule has 6 nitrogen and oxygen atoms in total. The first-order valence-electron chi connectivity index (χ1n) is 4.38. The molecular formula is C9H10NO5PS. The van der Waals surface area contributed by atoms with Gasteiger partial charge in [-0.15, -0.1) is 9.35 Å². The second-order valence-corrected chi connectivity index (χ2v) is 5.37. The van der Waals surface area contributed by atoms with E-state index in [-0.39, 0.29) is 0 Å². The fourth-order valence-corrected chi connectivity index (χ4v) is 2.40. The summed E-state index contributed by atoms with van der Waals surface area (Å²) < 4.78 is 14.7. The summed E-state index contributed by atoms with van der Waals surface area (Å²) in [6.07, 6.45) is 0. The maximum absolute atomic E-state index is 8.64. The third-order valence-electron chi connectivity index (χ3n) is 1.53. The number of hydrogen-bond acceptors (Lipinski definition) is 7. The summed E-state index contributed by atoms with van der Waals surface area (Å²) >= 11 is 4.97. The average molecular weight is 275 g/mol. The summed E-state index contributed by atoms with van der Waals surface area (Å²) in [4.78, 5) is 8.88. The first kappa shape index (κ1) is 14.1. The summed E-state index contributed by atoms with van der Waals surface area (Å²) in [5.74, 6) is 0.390. The quantitative estimate of drug-likeness (QED) is 0.448. The summed E-state index contributed by atoms with van der Waals surface area (Å²) in [6, 6.07) is 8.27. The van der Waals surface area contributed by atoms with Crippen LogP contribution in [0.25, 0.3) is 0 Å². The lowest BCUT2D eigenvalue weighted by atomic mass is 10.2. The molecule has 0 fully saturated rings. The standard InChI is InChI=1S/C9H10NO5PS/c1-11-14-16(17,15-12-2)13-9-5-3-8(7-10)4-6-9/h3-6H,1-2H3. The molecule has 92 valence electrons. The molecule has 0 unspecified atom stereocenters. The van der Waals surface area contributed by atoms with E-state index in [0.29, 0.717) is 11.3 Å². The number of nitriles is 1. The number of rotatable bonds is 6. The number of nitrogens with zero attached hydrogens (tertiary/aromatic N) is 1. The van der Waals surface area contributed by atoms with Crippen molar-refractivity contribution in [2.75, 3.05) is 14.2 Å². The van der Waals surface area contributed by atoms with Gasteiger partial charge in [0.15, 0.2) is 0 Å². The lowest BCUT2D eigenvalue weighted by molar-refractivity contribution is -0.242. The minimum atomic E-state index is -3.16. The van der Waals surface area contributed by atoms with Crippen LogP contribution in [0, 0.1) is 11.3 Å². The minimum Gasteiger partial charge on any atom is -0.421 e. The van der Waals surface area contributed by atoms with Crippen LogP contribution in [-0.4, -0.2) is 14.2 Å². The van der Waals surface area contributed by atoms with Crippen molar-refractivity contribution in [3.05, 3.63) is 29.8 Å². The smallest absolute Gasteiger partial charge is 0.421 e. The largest absolute Gasteiger partial charge is 0.436 e. The normalized spacial score (nSPS) is 10.9. The molecule has 0 atom stereocenters. The van der Waals surface area contributed by atoms with Gasteiger partial charge in [0.1, 0.15) is 5.75 Å². The fraction of sp³-hybridized carbons (Fsp3) is 0.222.